The molecule has 1 amide bonds. The highest BCUT2D eigenvalue weighted by atomic mass is 35.5. The molecule has 0 aliphatic heterocycles. The zero-order valence-corrected chi connectivity index (χ0v) is 7.11. The number of rotatable bonds is 2. The van der Waals surface area contributed by atoms with Crippen LogP contribution in [0.2, 0.25) is 0 Å². The maximum Gasteiger partial charge on any atom is 0.241 e. The lowest BCUT2D eigenvalue weighted by molar-refractivity contribution is -0.131. The summed E-state index contributed by atoms with van der Waals surface area (Å²) < 4.78 is 23.8. The number of amides is 1. The van der Waals surface area contributed by atoms with E-state index >= 15 is 0 Å². The molecule has 1 fully saturated rings. The number of carbonyl (C=O) groups excluding carboxylic acids is 1. The van der Waals surface area contributed by atoms with E-state index in [9.17, 15) is 13.6 Å². The topological polar surface area (TPSA) is 69.1 Å². The lowest BCUT2D eigenvalue weighted by atomic mass is 9.68. The first-order chi connectivity index (χ1) is 4.96. The number of carbonyl (C=O) groups is 1. The summed E-state index contributed by atoms with van der Waals surface area (Å²) in [6.45, 7) is 0. The third-order valence-electron chi connectivity index (χ3n) is 2.10. The van der Waals surface area contributed by atoms with Crippen molar-refractivity contribution in [3.8, 4) is 0 Å². The largest absolute Gasteiger partial charge is 0.368 e. The Bertz CT molecular complexity index is 182. The smallest absolute Gasteiger partial charge is 0.241 e. The van der Waals surface area contributed by atoms with Gasteiger partial charge in [0.25, 0.3) is 0 Å². The maximum absolute atomic E-state index is 11.9. The van der Waals surface area contributed by atoms with Gasteiger partial charge in [0, 0.05) is 5.92 Å². The molecule has 1 aliphatic carbocycles. The van der Waals surface area contributed by atoms with Gasteiger partial charge >= 0.3 is 0 Å². The van der Waals surface area contributed by atoms with Crippen LogP contribution in [-0.4, -0.2) is 17.9 Å². The Balaban J connectivity index is 0.00000121. The monoisotopic (exact) mass is 200 g/mol. The fourth-order valence-corrected chi connectivity index (χ4v) is 1.26. The van der Waals surface area contributed by atoms with Crippen LogP contribution in [-0.2, 0) is 4.79 Å². The Morgan fingerprint density at radius 2 is 1.92 bits per heavy atom. The molecule has 4 N–H and O–H groups in total. The van der Waals surface area contributed by atoms with E-state index in [2.05, 4.69) is 0 Å². The normalized spacial score (nSPS) is 33.8. The number of hydrogen-bond acceptors (Lipinski definition) is 2. The first-order valence-electron chi connectivity index (χ1n) is 3.32. The van der Waals surface area contributed by atoms with Crippen molar-refractivity contribution in [2.45, 2.75) is 24.8 Å². The molecule has 0 bridgehead atoms. The summed E-state index contributed by atoms with van der Waals surface area (Å²) in [6, 6.07) is 0. The van der Waals surface area contributed by atoms with E-state index in [0.29, 0.717) is 0 Å². The van der Waals surface area contributed by atoms with Crippen LogP contribution in [0.4, 0.5) is 8.78 Å². The number of primary amides is 1. The minimum Gasteiger partial charge on any atom is -0.368 e. The van der Waals surface area contributed by atoms with Crippen LogP contribution in [0.15, 0.2) is 0 Å². The highest BCUT2D eigenvalue weighted by molar-refractivity contribution is 5.85. The minimum atomic E-state index is -2.38. The van der Waals surface area contributed by atoms with E-state index in [1.165, 1.54) is 0 Å². The number of alkyl halides is 2. The second kappa shape index (κ2) is 3.53. The molecule has 3 nitrogen and oxygen atoms in total. The minimum absolute atomic E-state index is 0. The van der Waals surface area contributed by atoms with Crippen LogP contribution in [0.3, 0.4) is 0 Å². The number of nitrogens with two attached hydrogens (primary N) is 2. The van der Waals surface area contributed by atoms with E-state index in [-0.39, 0.29) is 25.2 Å². The zero-order chi connectivity index (χ0) is 8.65. The lowest BCUT2D eigenvalue weighted by Gasteiger charge is -2.41. The van der Waals surface area contributed by atoms with Gasteiger partial charge in [-0.2, -0.15) is 0 Å². The van der Waals surface area contributed by atoms with Crippen molar-refractivity contribution in [2.75, 3.05) is 0 Å². The van der Waals surface area contributed by atoms with E-state index in [4.69, 9.17) is 11.5 Å². The molecule has 0 heterocycles. The van der Waals surface area contributed by atoms with Crippen LogP contribution in [0.5, 0.6) is 0 Å². The Morgan fingerprint density at radius 1 is 1.50 bits per heavy atom. The summed E-state index contributed by atoms with van der Waals surface area (Å²) in [4.78, 5) is 10.5. The van der Waals surface area contributed by atoms with Gasteiger partial charge in [-0.25, -0.2) is 8.78 Å². The average molecular weight is 201 g/mol. The molecule has 0 atom stereocenters. The molecule has 1 saturated carbocycles. The predicted molar refractivity (Wildman–Crippen MR) is 42.1 cm³/mol. The Hall–Kier alpha value is -0.420. The third-order valence-corrected chi connectivity index (χ3v) is 2.10. The van der Waals surface area contributed by atoms with Gasteiger partial charge in [-0.05, 0) is 12.8 Å². The lowest BCUT2D eigenvalue weighted by Crippen LogP contribution is -2.61. The Morgan fingerprint density at radius 3 is 2.17 bits per heavy atom. The Labute approximate surface area is 74.9 Å². The molecule has 0 spiro atoms. The van der Waals surface area contributed by atoms with Crippen LogP contribution in [0.25, 0.3) is 0 Å². The fraction of sp³-hybridized carbons (Fsp3) is 0.833. The van der Waals surface area contributed by atoms with Crippen LogP contribution in [0.1, 0.15) is 12.8 Å². The standard InChI is InChI=1S/C6H10F2N2O.ClH/c7-4(8)3-1-6(10,2-3)5(9)11;/h3-4H,1-2,10H2,(H2,9,11);1H. The molecular formula is C6H11ClF2N2O. The van der Waals surface area contributed by atoms with Crippen molar-refractivity contribution >= 4 is 18.3 Å². The molecule has 1 rings (SSSR count). The van der Waals surface area contributed by atoms with Gasteiger partial charge in [-0.3, -0.25) is 4.79 Å². The van der Waals surface area contributed by atoms with Crippen molar-refractivity contribution in [1.29, 1.82) is 0 Å². The third kappa shape index (κ3) is 1.84. The highest BCUT2D eigenvalue weighted by Crippen LogP contribution is 2.39. The predicted octanol–water partition coefficient (Wildman–Crippen LogP) is 0.266. The molecule has 72 valence electrons. The molecule has 0 aromatic rings. The Kier molecular flexibility index (Phi) is 3.41. The molecule has 12 heavy (non-hydrogen) atoms. The van der Waals surface area contributed by atoms with E-state index < -0.39 is 23.8 Å². The molecule has 0 radical (unpaired) electrons. The number of halogens is 3. The van der Waals surface area contributed by atoms with Gasteiger partial charge in [-0.15, -0.1) is 12.4 Å². The zero-order valence-electron chi connectivity index (χ0n) is 6.30. The SMILES string of the molecule is Cl.NC(=O)C1(N)CC(C(F)F)C1. The molecule has 0 aromatic heterocycles. The van der Waals surface area contributed by atoms with Gasteiger partial charge in [-0.1, -0.05) is 0 Å². The summed E-state index contributed by atoms with van der Waals surface area (Å²) >= 11 is 0. The first-order valence-corrected chi connectivity index (χ1v) is 3.32. The van der Waals surface area contributed by atoms with Gasteiger partial charge in [0.05, 0.1) is 5.54 Å². The van der Waals surface area contributed by atoms with Crippen molar-refractivity contribution in [2.24, 2.45) is 17.4 Å². The summed E-state index contributed by atoms with van der Waals surface area (Å²) in [7, 11) is 0. The average Bonchev–Trinajstić information content (AvgIpc) is 1.79. The van der Waals surface area contributed by atoms with Crippen LogP contribution in [0, 0.1) is 5.92 Å². The van der Waals surface area contributed by atoms with E-state index in [0.717, 1.165) is 0 Å². The quantitative estimate of drug-likeness (QED) is 0.672. The second-order valence-electron chi connectivity index (χ2n) is 3.02. The molecule has 6 heteroatoms. The second-order valence-corrected chi connectivity index (χ2v) is 3.02. The molecule has 0 aromatic carbocycles. The van der Waals surface area contributed by atoms with Crippen molar-refractivity contribution in [1.82, 2.24) is 0 Å². The molecule has 1 aliphatic rings. The molecular weight excluding hydrogens is 190 g/mol. The fourth-order valence-electron chi connectivity index (χ4n) is 1.26. The maximum atomic E-state index is 11.9. The first kappa shape index (κ1) is 11.6. The number of hydrogen-bond donors (Lipinski definition) is 2. The molecule has 0 saturated heterocycles. The summed E-state index contributed by atoms with van der Waals surface area (Å²) in [6.07, 6.45) is -2.36. The van der Waals surface area contributed by atoms with E-state index in [1.54, 1.807) is 0 Å². The summed E-state index contributed by atoms with van der Waals surface area (Å²) in [5.74, 6) is -1.43. The van der Waals surface area contributed by atoms with Gasteiger partial charge in [0.15, 0.2) is 0 Å². The van der Waals surface area contributed by atoms with Crippen molar-refractivity contribution in [3.05, 3.63) is 0 Å². The van der Waals surface area contributed by atoms with Gasteiger partial charge in [0.1, 0.15) is 0 Å². The van der Waals surface area contributed by atoms with Gasteiger partial charge < -0.3 is 11.5 Å². The summed E-state index contributed by atoms with van der Waals surface area (Å²) in [5, 5.41) is 0. The van der Waals surface area contributed by atoms with Crippen molar-refractivity contribution < 1.29 is 13.6 Å². The van der Waals surface area contributed by atoms with Crippen LogP contribution >= 0.6 is 12.4 Å². The summed E-state index contributed by atoms with van der Waals surface area (Å²) in [5.41, 5.74) is 9.09. The van der Waals surface area contributed by atoms with Crippen molar-refractivity contribution in [3.63, 3.8) is 0 Å². The van der Waals surface area contributed by atoms with E-state index in [1.807, 2.05) is 0 Å². The van der Waals surface area contributed by atoms with Crippen LogP contribution < -0.4 is 11.5 Å². The molecule has 0 unspecified atom stereocenters. The highest BCUT2D eigenvalue weighted by Gasteiger charge is 2.49. The van der Waals surface area contributed by atoms with Gasteiger partial charge in [0.2, 0.25) is 12.3 Å².